The van der Waals surface area contributed by atoms with E-state index in [9.17, 15) is 14.4 Å². The standard InChI is InChI=1S/C12H20N4O3.ClH/c1-8(9(17)14-7-6-13)16-10(18)12(15-11(16)19)4-2-3-5-12;/h8H,2-7,13H2,1H3,(H,14,17)(H,15,19);1H. The summed E-state index contributed by atoms with van der Waals surface area (Å²) in [6, 6.07) is -1.28. The van der Waals surface area contributed by atoms with Gasteiger partial charge in [0.1, 0.15) is 11.6 Å². The molecule has 2 rings (SSSR count). The molecule has 1 aliphatic heterocycles. The molecule has 0 radical (unpaired) electrons. The number of imide groups is 1. The van der Waals surface area contributed by atoms with Gasteiger partial charge >= 0.3 is 6.03 Å². The minimum Gasteiger partial charge on any atom is -0.353 e. The molecule has 8 heteroatoms. The van der Waals surface area contributed by atoms with Gasteiger partial charge < -0.3 is 16.4 Å². The van der Waals surface area contributed by atoms with E-state index in [1.165, 1.54) is 0 Å². The summed E-state index contributed by atoms with van der Waals surface area (Å²) in [5, 5.41) is 5.34. The Kier molecular flexibility index (Phi) is 5.35. The van der Waals surface area contributed by atoms with Crippen LogP contribution in [0.25, 0.3) is 0 Å². The SMILES string of the molecule is CC(C(=O)NCCN)N1C(=O)NC2(CCCC2)C1=O.Cl. The first-order valence-electron chi connectivity index (χ1n) is 6.65. The van der Waals surface area contributed by atoms with Crippen LogP contribution in [0.3, 0.4) is 0 Å². The normalized spacial score (nSPS) is 21.6. The van der Waals surface area contributed by atoms with Gasteiger partial charge in [0.05, 0.1) is 0 Å². The van der Waals surface area contributed by atoms with Gasteiger partial charge in [-0.15, -0.1) is 12.4 Å². The number of nitrogens with zero attached hydrogens (tertiary/aromatic N) is 1. The Bertz CT molecular complexity index is 410. The molecule has 1 aliphatic carbocycles. The highest BCUT2D eigenvalue weighted by molar-refractivity contribution is 6.09. The highest BCUT2D eigenvalue weighted by Crippen LogP contribution is 2.35. The summed E-state index contributed by atoms with van der Waals surface area (Å²) < 4.78 is 0. The molecule has 0 aromatic heterocycles. The van der Waals surface area contributed by atoms with Crippen molar-refractivity contribution in [1.82, 2.24) is 15.5 Å². The molecule has 0 bridgehead atoms. The summed E-state index contributed by atoms with van der Waals surface area (Å²) >= 11 is 0. The predicted octanol–water partition coefficient (Wildman–Crippen LogP) is -0.264. The number of carbonyl (C=O) groups is 3. The van der Waals surface area contributed by atoms with Crippen LogP contribution in [0.5, 0.6) is 0 Å². The van der Waals surface area contributed by atoms with Crippen LogP contribution in [0.2, 0.25) is 0 Å². The van der Waals surface area contributed by atoms with Gasteiger partial charge in [-0.3, -0.25) is 9.59 Å². The fourth-order valence-electron chi connectivity index (χ4n) is 2.77. The third kappa shape index (κ3) is 2.73. The lowest BCUT2D eigenvalue weighted by molar-refractivity contribution is -0.137. The maximum atomic E-state index is 12.4. The van der Waals surface area contributed by atoms with Crippen LogP contribution in [0.15, 0.2) is 0 Å². The molecule has 1 spiro atoms. The van der Waals surface area contributed by atoms with Crippen molar-refractivity contribution in [3.05, 3.63) is 0 Å². The summed E-state index contributed by atoms with van der Waals surface area (Å²) in [5.41, 5.74) is 4.54. The van der Waals surface area contributed by atoms with Crippen LogP contribution in [-0.2, 0) is 9.59 Å². The van der Waals surface area contributed by atoms with Crippen molar-refractivity contribution in [3.8, 4) is 0 Å². The molecular weight excluding hydrogens is 284 g/mol. The van der Waals surface area contributed by atoms with Crippen molar-refractivity contribution in [1.29, 1.82) is 0 Å². The fourth-order valence-corrected chi connectivity index (χ4v) is 2.77. The fraction of sp³-hybridized carbons (Fsp3) is 0.750. The number of nitrogens with two attached hydrogens (primary N) is 1. The van der Waals surface area contributed by atoms with Gasteiger partial charge in [0, 0.05) is 13.1 Å². The molecule has 114 valence electrons. The van der Waals surface area contributed by atoms with Gasteiger partial charge in [0.15, 0.2) is 0 Å². The Morgan fingerprint density at radius 3 is 2.60 bits per heavy atom. The van der Waals surface area contributed by atoms with Crippen LogP contribution < -0.4 is 16.4 Å². The maximum absolute atomic E-state index is 12.4. The van der Waals surface area contributed by atoms with E-state index in [1.54, 1.807) is 6.92 Å². The van der Waals surface area contributed by atoms with Crippen molar-refractivity contribution in [2.75, 3.05) is 13.1 Å². The smallest absolute Gasteiger partial charge is 0.325 e. The summed E-state index contributed by atoms with van der Waals surface area (Å²) in [6.07, 6.45) is 3.16. The average molecular weight is 305 g/mol. The second-order valence-corrected chi connectivity index (χ2v) is 5.15. The number of hydrogen-bond donors (Lipinski definition) is 3. The molecule has 1 saturated heterocycles. The van der Waals surface area contributed by atoms with E-state index in [2.05, 4.69) is 10.6 Å². The van der Waals surface area contributed by atoms with Gasteiger partial charge in [-0.1, -0.05) is 12.8 Å². The number of amides is 4. The Labute approximate surface area is 124 Å². The molecule has 1 saturated carbocycles. The summed E-state index contributed by atoms with van der Waals surface area (Å²) in [4.78, 5) is 37.2. The summed E-state index contributed by atoms with van der Waals surface area (Å²) in [5.74, 6) is -0.630. The number of carbonyl (C=O) groups excluding carboxylic acids is 3. The zero-order chi connectivity index (χ0) is 14.0. The third-order valence-electron chi connectivity index (χ3n) is 3.86. The molecule has 2 aliphatic rings. The first kappa shape index (κ1) is 16.7. The van der Waals surface area contributed by atoms with E-state index in [-0.39, 0.29) is 24.2 Å². The molecule has 0 aromatic rings. The Hall–Kier alpha value is -1.34. The van der Waals surface area contributed by atoms with E-state index in [0.29, 0.717) is 25.9 Å². The molecule has 1 atom stereocenters. The van der Waals surface area contributed by atoms with Crippen molar-refractivity contribution in [3.63, 3.8) is 0 Å². The largest absolute Gasteiger partial charge is 0.353 e. The molecule has 20 heavy (non-hydrogen) atoms. The Morgan fingerprint density at radius 2 is 2.05 bits per heavy atom. The Balaban J connectivity index is 0.00000200. The molecule has 7 nitrogen and oxygen atoms in total. The lowest BCUT2D eigenvalue weighted by atomic mass is 9.97. The Morgan fingerprint density at radius 1 is 1.45 bits per heavy atom. The van der Waals surface area contributed by atoms with Gasteiger partial charge in [0.25, 0.3) is 5.91 Å². The molecule has 1 unspecified atom stereocenters. The van der Waals surface area contributed by atoms with E-state index in [0.717, 1.165) is 17.7 Å². The number of hydrogen-bond acceptors (Lipinski definition) is 4. The minimum absolute atomic E-state index is 0. The van der Waals surface area contributed by atoms with E-state index >= 15 is 0 Å². The van der Waals surface area contributed by atoms with Gasteiger partial charge in [-0.25, -0.2) is 9.69 Å². The van der Waals surface area contributed by atoms with Crippen molar-refractivity contribution < 1.29 is 14.4 Å². The van der Waals surface area contributed by atoms with Crippen LogP contribution in [-0.4, -0.2) is 47.4 Å². The number of rotatable bonds is 4. The van der Waals surface area contributed by atoms with Crippen LogP contribution in [0, 0.1) is 0 Å². The van der Waals surface area contributed by atoms with Gasteiger partial charge in [0.2, 0.25) is 5.91 Å². The first-order chi connectivity index (χ1) is 9.02. The maximum Gasteiger partial charge on any atom is 0.325 e. The van der Waals surface area contributed by atoms with Crippen molar-refractivity contribution in [2.24, 2.45) is 5.73 Å². The van der Waals surface area contributed by atoms with Crippen LogP contribution >= 0.6 is 12.4 Å². The van der Waals surface area contributed by atoms with Crippen LogP contribution in [0.1, 0.15) is 32.6 Å². The van der Waals surface area contributed by atoms with Gasteiger partial charge in [-0.05, 0) is 19.8 Å². The number of halogens is 1. The van der Waals surface area contributed by atoms with Crippen LogP contribution in [0.4, 0.5) is 4.79 Å². The predicted molar refractivity (Wildman–Crippen MR) is 75.4 cm³/mol. The zero-order valence-corrected chi connectivity index (χ0v) is 12.3. The molecular formula is C12H21ClN4O3. The van der Waals surface area contributed by atoms with Gasteiger partial charge in [-0.2, -0.15) is 0 Å². The molecule has 0 aromatic carbocycles. The van der Waals surface area contributed by atoms with E-state index in [1.807, 2.05) is 0 Å². The number of nitrogens with one attached hydrogen (secondary N) is 2. The van der Waals surface area contributed by atoms with Crippen molar-refractivity contribution >= 4 is 30.3 Å². The average Bonchev–Trinajstić information content (AvgIpc) is 2.93. The molecule has 4 N–H and O–H groups in total. The quantitative estimate of drug-likeness (QED) is 0.622. The minimum atomic E-state index is -0.806. The zero-order valence-electron chi connectivity index (χ0n) is 11.5. The second kappa shape index (κ2) is 6.41. The third-order valence-corrected chi connectivity index (χ3v) is 3.86. The first-order valence-corrected chi connectivity index (χ1v) is 6.65. The second-order valence-electron chi connectivity index (χ2n) is 5.15. The highest BCUT2D eigenvalue weighted by atomic mass is 35.5. The molecule has 4 amide bonds. The van der Waals surface area contributed by atoms with E-state index < -0.39 is 17.6 Å². The van der Waals surface area contributed by atoms with Crippen molar-refractivity contribution in [2.45, 2.75) is 44.2 Å². The van der Waals surface area contributed by atoms with E-state index in [4.69, 9.17) is 5.73 Å². The summed E-state index contributed by atoms with van der Waals surface area (Å²) in [6.45, 7) is 2.21. The lowest BCUT2D eigenvalue weighted by Crippen LogP contribution is -2.50. The monoisotopic (exact) mass is 304 g/mol. The lowest BCUT2D eigenvalue weighted by Gasteiger charge is -2.23. The highest BCUT2D eigenvalue weighted by Gasteiger charge is 2.54. The molecule has 2 fully saturated rings. The topological polar surface area (TPSA) is 105 Å². The summed E-state index contributed by atoms with van der Waals surface area (Å²) in [7, 11) is 0. The number of urea groups is 1. The molecule has 1 heterocycles.